The Balaban J connectivity index is 2.31. The summed E-state index contributed by atoms with van der Waals surface area (Å²) in [5.41, 5.74) is 3.37. The van der Waals surface area contributed by atoms with Gasteiger partial charge in [-0.25, -0.2) is 0 Å². The molecule has 0 radical (unpaired) electrons. The SMILES string of the molecule is COCCn1c(C)cc(C=C2SC(=S)N(C)C2=O)c1C. The molecule has 0 saturated carbocycles. The molecule has 1 aromatic rings. The zero-order valence-corrected chi connectivity index (χ0v) is 13.7. The molecular formula is C14H18N2O2S2. The number of nitrogens with zero attached hydrogens (tertiary/aromatic N) is 2. The number of rotatable bonds is 4. The van der Waals surface area contributed by atoms with E-state index in [4.69, 9.17) is 17.0 Å². The Hall–Kier alpha value is -1.11. The van der Waals surface area contributed by atoms with E-state index in [1.807, 2.05) is 6.08 Å². The molecule has 2 rings (SSSR count). The van der Waals surface area contributed by atoms with Gasteiger partial charge < -0.3 is 9.30 Å². The summed E-state index contributed by atoms with van der Waals surface area (Å²) in [6.07, 6.45) is 1.93. The molecule has 108 valence electrons. The monoisotopic (exact) mass is 310 g/mol. The maximum Gasteiger partial charge on any atom is 0.265 e. The predicted octanol–water partition coefficient (Wildman–Crippen LogP) is 2.58. The zero-order valence-electron chi connectivity index (χ0n) is 12.1. The van der Waals surface area contributed by atoms with Crippen LogP contribution < -0.4 is 0 Å². The van der Waals surface area contributed by atoms with Crippen molar-refractivity contribution in [1.29, 1.82) is 0 Å². The maximum absolute atomic E-state index is 12.0. The van der Waals surface area contributed by atoms with E-state index in [1.165, 1.54) is 16.7 Å². The summed E-state index contributed by atoms with van der Waals surface area (Å²) < 4.78 is 7.93. The molecule has 6 heteroatoms. The van der Waals surface area contributed by atoms with Crippen molar-refractivity contribution in [3.05, 3.63) is 27.9 Å². The average Bonchev–Trinajstić information content (AvgIpc) is 2.81. The Morgan fingerprint density at radius 2 is 2.15 bits per heavy atom. The van der Waals surface area contributed by atoms with E-state index in [2.05, 4.69) is 24.5 Å². The van der Waals surface area contributed by atoms with E-state index in [0.717, 1.165) is 23.5 Å². The summed E-state index contributed by atoms with van der Waals surface area (Å²) in [7, 11) is 3.40. The van der Waals surface area contributed by atoms with Gasteiger partial charge in [0.2, 0.25) is 0 Å². The van der Waals surface area contributed by atoms with Crippen molar-refractivity contribution < 1.29 is 9.53 Å². The number of thiocarbonyl (C=S) groups is 1. The molecule has 0 atom stereocenters. The smallest absolute Gasteiger partial charge is 0.265 e. The minimum absolute atomic E-state index is 0.0262. The van der Waals surface area contributed by atoms with Crippen LogP contribution in [0.15, 0.2) is 11.0 Å². The van der Waals surface area contributed by atoms with Gasteiger partial charge in [-0.2, -0.15) is 0 Å². The fourth-order valence-corrected chi connectivity index (χ4v) is 3.36. The number of amides is 1. The lowest BCUT2D eigenvalue weighted by atomic mass is 10.2. The van der Waals surface area contributed by atoms with Gasteiger partial charge in [0.15, 0.2) is 0 Å². The standard InChI is InChI=1S/C14H18N2O2S2/c1-9-7-11(10(2)16(9)5-6-18-4)8-12-13(17)15(3)14(19)20-12/h7-8H,5-6H2,1-4H3. The van der Waals surface area contributed by atoms with Gasteiger partial charge in [-0.05, 0) is 31.6 Å². The van der Waals surface area contributed by atoms with Crippen molar-refractivity contribution >= 4 is 40.3 Å². The molecule has 1 fully saturated rings. The van der Waals surface area contributed by atoms with Gasteiger partial charge >= 0.3 is 0 Å². The second kappa shape index (κ2) is 6.11. The summed E-state index contributed by atoms with van der Waals surface area (Å²) in [4.78, 5) is 14.2. The number of aromatic nitrogens is 1. The van der Waals surface area contributed by atoms with Crippen LogP contribution in [0.2, 0.25) is 0 Å². The highest BCUT2D eigenvalue weighted by atomic mass is 32.2. The third-order valence-corrected chi connectivity index (χ3v) is 4.89. The minimum atomic E-state index is -0.0262. The molecule has 0 unspecified atom stereocenters. The number of likely N-dealkylation sites (N-methyl/N-ethyl adjacent to an activating group) is 1. The van der Waals surface area contributed by atoms with Gasteiger partial charge in [-0.1, -0.05) is 24.0 Å². The lowest BCUT2D eigenvalue weighted by molar-refractivity contribution is -0.121. The summed E-state index contributed by atoms with van der Waals surface area (Å²) >= 11 is 6.49. The summed E-state index contributed by atoms with van der Waals surface area (Å²) in [5.74, 6) is -0.0262. The number of hydrogen-bond acceptors (Lipinski definition) is 4. The maximum atomic E-state index is 12.0. The van der Waals surface area contributed by atoms with Crippen molar-refractivity contribution in [3.63, 3.8) is 0 Å². The lowest BCUT2D eigenvalue weighted by Crippen LogP contribution is -2.22. The van der Waals surface area contributed by atoms with Crippen molar-refractivity contribution in [3.8, 4) is 0 Å². The summed E-state index contributed by atoms with van der Waals surface area (Å²) in [5, 5.41) is 0. The molecule has 1 aliphatic rings. The van der Waals surface area contributed by atoms with Crippen LogP contribution in [0.5, 0.6) is 0 Å². The van der Waals surface area contributed by atoms with Crippen LogP contribution in [0.1, 0.15) is 17.0 Å². The largest absolute Gasteiger partial charge is 0.383 e. The molecular weight excluding hydrogens is 292 g/mol. The minimum Gasteiger partial charge on any atom is -0.383 e. The molecule has 0 spiro atoms. The molecule has 20 heavy (non-hydrogen) atoms. The second-order valence-corrected chi connectivity index (χ2v) is 6.39. The third kappa shape index (κ3) is 2.82. The molecule has 1 amide bonds. The normalized spacial score (nSPS) is 17.6. The first-order chi connectivity index (χ1) is 9.45. The molecule has 0 aliphatic carbocycles. The van der Waals surface area contributed by atoms with E-state index < -0.39 is 0 Å². The van der Waals surface area contributed by atoms with Crippen molar-refractivity contribution in [2.75, 3.05) is 20.8 Å². The molecule has 0 aromatic carbocycles. The van der Waals surface area contributed by atoms with Crippen LogP contribution in [-0.4, -0.2) is 40.5 Å². The fraction of sp³-hybridized carbons (Fsp3) is 0.429. The Morgan fingerprint density at radius 1 is 1.45 bits per heavy atom. The Labute approximate surface area is 128 Å². The molecule has 1 aromatic heterocycles. The number of carbonyl (C=O) groups excluding carboxylic acids is 1. The van der Waals surface area contributed by atoms with Gasteiger partial charge in [0.25, 0.3) is 5.91 Å². The highest BCUT2D eigenvalue weighted by molar-refractivity contribution is 8.26. The first kappa shape index (κ1) is 15.3. The highest BCUT2D eigenvalue weighted by Gasteiger charge is 2.29. The van der Waals surface area contributed by atoms with Crippen molar-refractivity contribution in [2.45, 2.75) is 20.4 Å². The van der Waals surface area contributed by atoms with Gasteiger partial charge in [-0.15, -0.1) is 0 Å². The van der Waals surface area contributed by atoms with Crippen LogP contribution in [0.25, 0.3) is 6.08 Å². The fourth-order valence-electron chi connectivity index (χ4n) is 2.19. The van der Waals surface area contributed by atoms with Crippen LogP contribution in [0, 0.1) is 13.8 Å². The van der Waals surface area contributed by atoms with E-state index in [0.29, 0.717) is 15.8 Å². The van der Waals surface area contributed by atoms with Crippen LogP contribution >= 0.6 is 24.0 Å². The van der Waals surface area contributed by atoms with E-state index in [1.54, 1.807) is 14.2 Å². The van der Waals surface area contributed by atoms with Crippen molar-refractivity contribution in [2.24, 2.45) is 0 Å². The molecule has 0 bridgehead atoms. The highest BCUT2D eigenvalue weighted by Crippen LogP contribution is 2.32. The number of methoxy groups -OCH3 is 1. The average molecular weight is 310 g/mol. The van der Waals surface area contributed by atoms with E-state index >= 15 is 0 Å². The summed E-state index contributed by atoms with van der Waals surface area (Å²) in [6.45, 7) is 5.61. The van der Waals surface area contributed by atoms with Crippen LogP contribution in [0.3, 0.4) is 0 Å². The molecule has 4 nitrogen and oxygen atoms in total. The van der Waals surface area contributed by atoms with Gasteiger partial charge in [0.05, 0.1) is 11.5 Å². The van der Waals surface area contributed by atoms with Crippen LogP contribution in [0.4, 0.5) is 0 Å². The topological polar surface area (TPSA) is 34.5 Å². The molecule has 0 N–H and O–H groups in total. The zero-order chi connectivity index (χ0) is 14.9. The van der Waals surface area contributed by atoms with Crippen LogP contribution in [-0.2, 0) is 16.1 Å². The number of aryl methyl sites for hydroxylation is 1. The quantitative estimate of drug-likeness (QED) is 0.632. The Bertz CT molecular complexity index is 590. The van der Waals surface area contributed by atoms with Gasteiger partial charge in [0, 0.05) is 32.1 Å². The number of ether oxygens (including phenoxy) is 1. The number of thioether (sulfide) groups is 1. The first-order valence-electron chi connectivity index (χ1n) is 6.33. The predicted molar refractivity (Wildman–Crippen MR) is 86.7 cm³/mol. The molecule has 1 saturated heterocycles. The molecule has 1 aliphatic heterocycles. The van der Waals surface area contributed by atoms with Crippen molar-refractivity contribution in [1.82, 2.24) is 9.47 Å². The number of hydrogen-bond donors (Lipinski definition) is 0. The third-order valence-electron chi connectivity index (χ3n) is 3.40. The lowest BCUT2D eigenvalue weighted by Gasteiger charge is -2.08. The molecule has 2 heterocycles. The second-order valence-electron chi connectivity index (χ2n) is 4.71. The first-order valence-corrected chi connectivity index (χ1v) is 7.55. The van der Waals surface area contributed by atoms with E-state index in [-0.39, 0.29) is 5.91 Å². The Kier molecular flexibility index (Phi) is 4.67. The van der Waals surface area contributed by atoms with E-state index in [9.17, 15) is 4.79 Å². The van der Waals surface area contributed by atoms with Gasteiger partial charge in [0.1, 0.15) is 4.32 Å². The Morgan fingerprint density at radius 3 is 2.70 bits per heavy atom. The summed E-state index contributed by atoms with van der Waals surface area (Å²) in [6, 6.07) is 2.09. The van der Waals surface area contributed by atoms with Gasteiger partial charge in [-0.3, -0.25) is 9.69 Å². The number of carbonyl (C=O) groups is 1.